The number of nitrogens with one attached hydrogen (secondary N) is 2. The molecule has 1 aliphatic carbocycles. The number of aromatic amines is 1. The molecule has 0 aliphatic heterocycles. The molecule has 3 rings (SSSR count). The maximum Gasteiger partial charge on any atom is 0.110 e. The number of aromatic nitrogens is 2. The predicted octanol–water partition coefficient (Wildman–Crippen LogP) is 3.63. The van der Waals surface area contributed by atoms with Crippen LogP contribution in [0.25, 0.3) is 11.3 Å². The van der Waals surface area contributed by atoms with Gasteiger partial charge in [0.05, 0.1) is 5.69 Å². The summed E-state index contributed by atoms with van der Waals surface area (Å²) in [4.78, 5) is 8.39. The Hall–Kier alpha value is -1.61. The average Bonchev–Trinajstić information content (AvgIpc) is 2.90. The monoisotopic (exact) mass is 269 g/mol. The van der Waals surface area contributed by atoms with E-state index in [0.29, 0.717) is 12.0 Å². The fraction of sp³-hybridized carbons (Fsp3) is 0.471. The van der Waals surface area contributed by atoms with Crippen LogP contribution in [0.5, 0.6) is 0 Å². The van der Waals surface area contributed by atoms with E-state index >= 15 is 0 Å². The van der Waals surface area contributed by atoms with Crippen molar-refractivity contribution in [3.8, 4) is 11.3 Å². The molecule has 1 fully saturated rings. The molecule has 0 unspecified atom stereocenters. The number of benzene rings is 1. The molecule has 0 amide bonds. The summed E-state index contributed by atoms with van der Waals surface area (Å²) in [7, 11) is 2.07. The van der Waals surface area contributed by atoms with E-state index in [-0.39, 0.29) is 0 Å². The minimum atomic E-state index is 0.593. The van der Waals surface area contributed by atoms with E-state index in [4.69, 9.17) is 4.98 Å². The minimum Gasteiger partial charge on any atom is -0.345 e. The van der Waals surface area contributed by atoms with Gasteiger partial charge < -0.3 is 10.3 Å². The number of nitrogens with zero attached hydrogens (tertiary/aromatic N) is 1. The molecule has 3 heteroatoms. The Morgan fingerprint density at radius 3 is 2.45 bits per heavy atom. The maximum absolute atomic E-state index is 4.88. The molecule has 0 saturated heterocycles. The summed E-state index contributed by atoms with van der Waals surface area (Å²) in [6.07, 6.45) is 4.96. The number of rotatable bonds is 3. The molecular weight excluding hydrogens is 246 g/mol. The van der Waals surface area contributed by atoms with Gasteiger partial charge in [0.25, 0.3) is 0 Å². The van der Waals surface area contributed by atoms with Gasteiger partial charge in [-0.15, -0.1) is 0 Å². The van der Waals surface area contributed by atoms with E-state index in [1.807, 2.05) is 6.07 Å². The highest BCUT2D eigenvalue weighted by molar-refractivity contribution is 5.61. The Morgan fingerprint density at radius 2 is 1.80 bits per heavy atom. The predicted molar refractivity (Wildman–Crippen MR) is 82.8 cm³/mol. The first-order chi connectivity index (χ1) is 9.78. The summed E-state index contributed by atoms with van der Waals surface area (Å²) in [6.45, 7) is 2.12. The Bertz CT molecular complexity index is 551. The van der Waals surface area contributed by atoms with Gasteiger partial charge in [0.15, 0.2) is 0 Å². The van der Waals surface area contributed by atoms with Gasteiger partial charge in [-0.1, -0.05) is 30.3 Å². The molecule has 3 nitrogen and oxygen atoms in total. The van der Waals surface area contributed by atoms with Crippen molar-refractivity contribution < 1.29 is 0 Å². The minimum absolute atomic E-state index is 0.593. The Morgan fingerprint density at radius 1 is 1.10 bits per heavy atom. The fourth-order valence-electron chi connectivity index (χ4n) is 3.21. The lowest BCUT2D eigenvalue weighted by Crippen LogP contribution is -2.29. The summed E-state index contributed by atoms with van der Waals surface area (Å²) in [5.74, 6) is 1.77. The number of aryl methyl sites for hydroxylation is 1. The van der Waals surface area contributed by atoms with Crippen LogP contribution in [-0.2, 0) is 0 Å². The number of hydrogen-bond acceptors (Lipinski definition) is 2. The van der Waals surface area contributed by atoms with E-state index < -0.39 is 0 Å². The molecule has 0 bridgehead atoms. The zero-order valence-electron chi connectivity index (χ0n) is 12.3. The van der Waals surface area contributed by atoms with Crippen molar-refractivity contribution in [3.63, 3.8) is 0 Å². The van der Waals surface area contributed by atoms with Crippen molar-refractivity contribution in [2.75, 3.05) is 7.05 Å². The van der Waals surface area contributed by atoms with E-state index in [2.05, 4.69) is 48.5 Å². The third kappa shape index (κ3) is 2.63. The van der Waals surface area contributed by atoms with Crippen LogP contribution in [0.15, 0.2) is 30.3 Å². The van der Waals surface area contributed by atoms with Crippen LogP contribution in [0.3, 0.4) is 0 Å². The highest BCUT2D eigenvalue weighted by atomic mass is 14.9. The quantitative estimate of drug-likeness (QED) is 0.893. The summed E-state index contributed by atoms with van der Waals surface area (Å²) in [5.41, 5.74) is 3.50. The van der Waals surface area contributed by atoms with Crippen LogP contribution < -0.4 is 5.32 Å². The SMILES string of the molecule is CNC1CCC(c2nc(-c3ccccc3)c(C)[nH]2)CC1. The number of H-pyrrole nitrogens is 1. The summed E-state index contributed by atoms with van der Waals surface area (Å²) >= 11 is 0. The average molecular weight is 269 g/mol. The summed E-state index contributed by atoms with van der Waals surface area (Å²) < 4.78 is 0. The van der Waals surface area contributed by atoms with Crippen LogP contribution >= 0.6 is 0 Å². The molecule has 1 aliphatic rings. The van der Waals surface area contributed by atoms with Gasteiger partial charge in [0.1, 0.15) is 5.82 Å². The van der Waals surface area contributed by atoms with Crippen LogP contribution in [0.1, 0.15) is 43.1 Å². The summed E-state index contributed by atoms with van der Waals surface area (Å²) in [6, 6.07) is 11.1. The van der Waals surface area contributed by atoms with E-state index in [9.17, 15) is 0 Å². The van der Waals surface area contributed by atoms with Gasteiger partial charge >= 0.3 is 0 Å². The van der Waals surface area contributed by atoms with Gasteiger partial charge in [-0.3, -0.25) is 0 Å². The molecule has 2 N–H and O–H groups in total. The molecule has 0 atom stereocenters. The Kier molecular flexibility index (Phi) is 3.88. The summed E-state index contributed by atoms with van der Waals surface area (Å²) in [5, 5.41) is 3.39. The van der Waals surface area contributed by atoms with Crippen LogP contribution in [0.2, 0.25) is 0 Å². The number of hydrogen-bond donors (Lipinski definition) is 2. The molecule has 1 saturated carbocycles. The van der Waals surface area contributed by atoms with Crippen LogP contribution in [-0.4, -0.2) is 23.1 Å². The van der Waals surface area contributed by atoms with Crippen molar-refractivity contribution in [2.24, 2.45) is 0 Å². The lowest BCUT2D eigenvalue weighted by Gasteiger charge is -2.26. The first-order valence-electron chi connectivity index (χ1n) is 7.57. The Balaban J connectivity index is 1.80. The molecule has 1 aromatic carbocycles. The van der Waals surface area contributed by atoms with Crippen molar-refractivity contribution >= 4 is 0 Å². The van der Waals surface area contributed by atoms with Crippen molar-refractivity contribution in [1.82, 2.24) is 15.3 Å². The fourth-order valence-corrected chi connectivity index (χ4v) is 3.21. The molecule has 1 aromatic heterocycles. The molecule has 20 heavy (non-hydrogen) atoms. The standard InChI is InChI=1S/C17H23N3/c1-12-16(13-6-4-3-5-7-13)20-17(19-12)14-8-10-15(18-2)11-9-14/h3-7,14-15,18H,8-11H2,1-2H3,(H,19,20). The Labute approximate surface area is 120 Å². The van der Waals surface area contributed by atoms with Crippen LogP contribution in [0, 0.1) is 6.92 Å². The zero-order chi connectivity index (χ0) is 13.9. The third-order valence-corrected chi connectivity index (χ3v) is 4.47. The highest BCUT2D eigenvalue weighted by Gasteiger charge is 2.24. The van der Waals surface area contributed by atoms with Crippen molar-refractivity contribution in [1.29, 1.82) is 0 Å². The molecule has 106 valence electrons. The van der Waals surface area contributed by atoms with Gasteiger partial charge in [-0.05, 0) is 39.7 Å². The van der Waals surface area contributed by atoms with E-state index in [1.54, 1.807) is 0 Å². The molecule has 2 aromatic rings. The smallest absolute Gasteiger partial charge is 0.110 e. The lowest BCUT2D eigenvalue weighted by molar-refractivity contribution is 0.351. The van der Waals surface area contributed by atoms with Gasteiger partial charge in [-0.25, -0.2) is 4.98 Å². The number of imidazole rings is 1. The normalized spacial score (nSPS) is 22.9. The van der Waals surface area contributed by atoms with Gasteiger partial charge in [0, 0.05) is 23.2 Å². The highest BCUT2D eigenvalue weighted by Crippen LogP contribution is 2.33. The second kappa shape index (κ2) is 5.80. The van der Waals surface area contributed by atoms with Crippen LogP contribution in [0.4, 0.5) is 0 Å². The van der Waals surface area contributed by atoms with Gasteiger partial charge in [0.2, 0.25) is 0 Å². The van der Waals surface area contributed by atoms with Gasteiger partial charge in [-0.2, -0.15) is 0 Å². The molecule has 0 spiro atoms. The van der Waals surface area contributed by atoms with Crippen molar-refractivity contribution in [3.05, 3.63) is 41.9 Å². The molecular formula is C17H23N3. The van der Waals surface area contributed by atoms with Crippen molar-refractivity contribution in [2.45, 2.75) is 44.6 Å². The first-order valence-corrected chi connectivity index (χ1v) is 7.57. The maximum atomic E-state index is 4.88. The van der Waals surface area contributed by atoms with E-state index in [0.717, 1.165) is 5.69 Å². The third-order valence-electron chi connectivity index (χ3n) is 4.47. The second-order valence-corrected chi connectivity index (χ2v) is 5.80. The molecule has 1 heterocycles. The topological polar surface area (TPSA) is 40.7 Å². The second-order valence-electron chi connectivity index (χ2n) is 5.80. The zero-order valence-corrected chi connectivity index (χ0v) is 12.3. The first kappa shape index (κ1) is 13.4. The van der Waals surface area contributed by atoms with E-state index in [1.165, 1.54) is 42.8 Å². The largest absolute Gasteiger partial charge is 0.345 e. The molecule has 0 radical (unpaired) electrons. The lowest BCUT2D eigenvalue weighted by atomic mass is 9.85.